The van der Waals surface area contributed by atoms with Gasteiger partial charge >= 0.3 is 5.97 Å². The zero-order chi connectivity index (χ0) is 21.5. The summed E-state index contributed by atoms with van der Waals surface area (Å²) in [6.07, 6.45) is 0.0714. The van der Waals surface area contributed by atoms with E-state index in [4.69, 9.17) is 14.0 Å². The monoisotopic (exact) mass is 408 g/mol. The van der Waals surface area contributed by atoms with E-state index in [2.05, 4.69) is 10.5 Å². The highest BCUT2D eigenvalue weighted by Gasteiger charge is 2.11. The fraction of sp³-hybridized carbons (Fsp3) is 0.261. The Morgan fingerprint density at radius 3 is 2.33 bits per heavy atom. The van der Waals surface area contributed by atoms with E-state index in [0.29, 0.717) is 18.0 Å². The number of rotatable bonds is 8. The van der Waals surface area contributed by atoms with Crippen molar-refractivity contribution in [3.05, 3.63) is 76.7 Å². The number of nitrogens with one attached hydrogen (secondary N) is 1. The van der Waals surface area contributed by atoms with Crippen molar-refractivity contribution in [2.75, 3.05) is 11.9 Å². The molecule has 3 aromatic rings. The summed E-state index contributed by atoms with van der Waals surface area (Å²) in [5.41, 5.74) is 4.25. The number of aryl methyl sites for hydroxylation is 3. The molecule has 0 fully saturated rings. The summed E-state index contributed by atoms with van der Waals surface area (Å²) < 4.78 is 15.9. The molecule has 0 unspecified atom stereocenters. The third-order valence-electron chi connectivity index (χ3n) is 4.54. The highest BCUT2D eigenvalue weighted by atomic mass is 16.5. The standard InChI is InChI=1S/C23H24N2O5/c1-15-4-8-19(9-5-15)24-22(26)14-29-23(27)12-18-6-10-20(11-7-18)28-13-21-16(2)25-30-17(21)3/h4-11H,12-14H2,1-3H3,(H,24,26). The highest BCUT2D eigenvalue weighted by molar-refractivity contribution is 5.92. The molecule has 0 aliphatic carbocycles. The van der Waals surface area contributed by atoms with E-state index >= 15 is 0 Å². The van der Waals surface area contributed by atoms with Gasteiger partial charge in [0.1, 0.15) is 18.1 Å². The Hall–Kier alpha value is -3.61. The maximum atomic E-state index is 12.0. The van der Waals surface area contributed by atoms with Gasteiger partial charge in [-0.1, -0.05) is 35.0 Å². The minimum Gasteiger partial charge on any atom is -0.489 e. The lowest BCUT2D eigenvalue weighted by Crippen LogP contribution is -2.21. The normalized spacial score (nSPS) is 10.5. The van der Waals surface area contributed by atoms with Gasteiger partial charge in [0.2, 0.25) is 0 Å². The number of amides is 1. The Morgan fingerprint density at radius 1 is 1.00 bits per heavy atom. The third-order valence-corrected chi connectivity index (χ3v) is 4.54. The molecule has 1 N–H and O–H groups in total. The minimum absolute atomic E-state index is 0.0714. The van der Waals surface area contributed by atoms with E-state index in [0.717, 1.165) is 28.1 Å². The molecule has 1 aromatic heterocycles. The second-order valence-electron chi connectivity index (χ2n) is 6.99. The van der Waals surface area contributed by atoms with Gasteiger partial charge in [0.15, 0.2) is 6.61 Å². The molecule has 3 rings (SSSR count). The predicted octanol–water partition coefficient (Wildman–Crippen LogP) is 3.90. The number of anilines is 1. The quantitative estimate of drug-likeness (QED) is 0.569. The van der Waals surface area contributed by atoms with Crippen LogP contribution in [-0.2, 0) is 27.4 Å². The zero-order valence-corrected chi connectivity index (χ0v) is 17.2. The van der Waals surface area contributed by atoms with Crippen LogP contribution in [0, 0.1) is 20.8 Å². The van der Waals surface area contributed by atoms with Crippen LogP contribution in [0.5, 0.6) is 5.75 Å². The molecule has 156 valence electrons. The molecular formula is C23H24N2O5. The number of nitrogens with zero attached hydrogens (tertiary/aromatic N) is 1. The molecule has 7 heteroatoms. The highest BCUT2D eigenvalue weighted by Crippen LogP contribution is 2.18. The van der Waals surface area contributed by atoms with Crippen molar-refractivity contribution < 1.29 is 23.6 Å². The second-order valence-corrected chi connectivity index (χ2v) is 6.99. The van der Waals surface area contributed by atoms with Gasteiger partial charge < -0.3 is 19.3 Å². The summed E-state index contributed by atoms with van der Waals surface area (Å²) in [6, 6.07) is 14.5. The van der Waals surface area contributed by atoms with Crippen LogP contribution >= 0.6 is 0 Å². The van der Waals surface area contributed by atoms with Gasteiger partial charge in [-0.3, -0.25) is 9.59 Å². The molecule has 0 bridgehead atoms. The van der Waals surface area contributed by atoms with Crippen LogP contribution in [0.3, 0.4) is 0 Å². The van der Waals surface area contributed by atoms with Gasteiger partial charge in [0.05, 0.1) is 17.7 Å². The number of esters is 1. The molecule has 0 saturated heterocycles. The summed E-state index contributed by atoms with van der Waals surface area (Å²) in [5.74, 6) is 0.552. The lowest BCUT2D eigenvalue weighted by atomic mass is 10.1. The van der Waals surface area contributed by atoms with Crippen molar-refractivity contribution in [3.8, 4) is 5.75 Å². The lowest BCUT2D eigenvalue weighted by molar-refractivity contribution is -0.146. The summed E-state index contributed by atoms with van der Waals surface area (Å²) in [6.45, 7) is 5.70. The van der Waals surface area contributed by atoms with Crippen molar-refractivity contribution in [1.82, 2.24) is 5.16 Å². The molecule has 0 saturated carbocycles. The van der Waals surface area contributed by atoms with Crippen molar-refractivity contribution in [3.63, 3.8) is 0 Å². The smallest absolute Gasteiger partial charge is 0.310 e. The number of carbonyl (C=O) groups excluding carboxylic acids is 2. The molecule has 2 aromatic carbocycles. The largest absolute Gasteiger partial charge is 0.489 e. The predicted molar refractivity (Wildman–Crippen MR) is 111 cm³/mol. The molecule has 30 heavy (non-hydrogen) atoms. The summed E-state index contributed by atoms with van der Waals surface area (Å²) in [5, 5.41) is 6.58. The third kappa shape index (κ3) is 5.94. The lowest BCUT2D eigenvalue weighted by Gasteiger charge is -2.08. The van der Waals surface area contributed by atoms with Gasteiger partial charge in [-0.25, -0.2) is 0 Å². The van der Waals surface area contributed by atoms with Crippen molar-refractivity contribution in [2.45, 2.75) is 33.8 Å². The van der Waals surface area contributed by atoms with Gasteiger partial charge in [0, 0.05) is 5.69 Å². The van der Waals surface area contributed by atoms with Gasteiger partial charge in [-0.05, 0) is 50.6 Å². The van der Waals surface area contributed by atoms with Crippen LogP contribution in [-0.4, -0.2) is 23.6 Å². The van der Waals surface area contributed by atoms with Crippen LogP contribution in [0.15, 0.2) is 53.1 Å². The molecule has 0 atom stereocenters. The minimum atomic E-state index is -0.474. The Bertz CT molecular complexity index is 988. The van der Waals surface area contributed by atoms with E-state index in [-0.39, 0.29) is 18.9 Å². The molecule has 0 aliphatic heterocycles. The molecule has 0 aliphatic rings. The van der Waals surface area contributed by atoms with E-state index in [1.807, 2.05) is 32.9 Å². The second kappa shape index (κ2) is 9.73. The molecule has 0 radical (unpaired) electrons. The number of aromatic nitrogens is 1. The summed E-state index contributed by atoms with van der Waals surface area (Å²) in [7, 11) is 0. The van der Waals surface area contributed by atoms with Gasteiger partial charge in [0.25, 0.3) is 5.91 Å². The van der Waals surface area contributed by atoms with E-state index in [1.165, 1.54) is 0 Å². The molecule has 0 spiro atoms. The van der Waals surface area contributed by atoms with Crippen molar-refractivity contribution >= 4 is 17.6 Å². The maximum absolute atomic E-state index is 12.0. The molecule has 1 amide bonds. The number of carbonyl (C=O) groups is 2. The summed E-state index contributed by atoms with van der Waals surface area (Å²) >= 11 is 0. The molecule has 7 nitrogen and oxygen atoms in total. The van der Waals surface area contributed by atoms with Crippen LogP contribution in [0.4, 0.5) is 5.69 Å². The first-order chi connectivity index (χ1) is 14.4. The number of ether oxygens (including phenoxy) is 2. The Balaban J connectivity index is 1.42. The van der Waals surface area contributed by atoms with E-state index in [1.54, 1.807) is 36.4 Å². The first-order valence-electron chi connectivity index (χ1n) is 9.56. The SMILES string of the molecule is Cc1ccc(NC(=O)COC(=O)Cc2ccc(OCc3c(C)noc3C)cc2)cc1. The first-order valence-corrected chi connectivity index (χ1v) is 9.56. The van der Waals surface area contributed by atoms with Crippen LogP contribution < -0.4 is 10.1 Å². The van der Waals surface area contributed by atoms with E-state index in [9.17, 15) is 9.59 Å². The Kier molecular flexibility index (Phi) is 6.85. The van der Waals surface area contributed by atoms with Crippen molar-refractivity contribution in [1.29, 1.82) is 0 Å². The maximum Gasteiger partial charge on any atom is 0.310 e. The van der Waals surface area contributed by atoms with Crippen LogP contribution in [0.25, 0.3) is 0 Å². The van der Waals surface area contributed by atoms with Crippen molar-refractivity contribution in [2.24, 2.45) is 0 Å². The number of hydrogen-bond acceptors (Lipinski definition) is 6. The van der Waals surface area contributed by atoms with E-state index < -0.39 is 5.97 Å². The summed E-state index contributed by atoms with van der Waals surface area (Å²) in [4.78, 5) is 23.9. The topological polar surface area (TPSA) is 90.7 Å². The van der Waals surface area contributed by atoms with Gasteiger partial charge in [-0.2, -0.15) is 0 Å². The molecular weight excluding hydrogens is 384 g/mol. The Labute approximate surface area is 175 Å². The fourth-order valence-electron chi connectivity index (χ4n) is 2.76. The number of benzene rings is 2. The Morgan fingerprint density at radius 2 is 1.70 bits per heavy atom. The average molecular weight is 408 g/mol. The average Bonchev–Trinajstić information content (AvgIpc) is 3.05. The first kappa shape index (κ1) is 21.1. The van der Waals surface area contributed by atoms with Gasteiger partial charge in [-0.15, -0.1) is 0 Å². The van der Waals surface area contributed by atoms with Crippen LogP contribution in [0.1, 0.15) is 28.1 Å². The van der Waals surface area contributed by atoms with Crippen LogP contribution in [0.2, 0.25) is 0 Å². The fourth-order valence-corrected chi connectivity index (χ4v) is 2.76. The molecule has 1 heterocycles. The zero-order valence-electron chi connectivity index (χ0n) is 17.2. The number of hydrogen-bond donors (Lipinski definition) is 1.